The number of amides is 2. The van der Waals surface area contributed by atoms with E-state index in [1.807, 2.05) is 6.07 Å². The second-order valence-electron chi connectivity index (χ2n) is 7.13. The van der Waals surface area contributed by atoms with Crippen LogP contribution in [0.1, 0.15) is 43.2 Å². The van der Waals surface area contributed by atoms with E-state index in [0.717, 1.165) is 40.4 Å². The Morgan fingerprint density at radius 1 is 1.23 bits per heavy atom. The molecule has 0 saturated heterocycles. The smallest absolute Gasteiger partial charge is 0.335 e. The largest absolute Gasteiger partial charge is 0.493 e. The molecule has 8 heteroatoms. The van der Waals surface area contributed by atoms with E-state index in [4.69, 9.17) is 9.47 Å². The molecular weight excluding hydrogens is 500 g/mol. The molecule has 160 valence electrons. The van der Waals surface area contributed by atoms with Crippen molar-refractivity contribution in [2.45, 2.75) is 44.8 Å². The monoisotopic (exact) mass is 525 g/mol. The van der Waals surface area contributed by atoms with Gasteiger partial charge in [0.15, 0.2) is 11.5 Å². The number of urea groups is 1. The molecule has 0 spiro atoms. The average molecular weight is 525 g/mol. The fourth-order valence-corrected chi connectivity index (χ4v) is 4.10. The summed E-state index contributed by atoms with van der Waals surface area (Å²) in [4.78, 5) is 12.0. The maximum absolute atomic E-state index is 13.0. The van der Waals surface area contributed by atoms with Crippen LogP contribution in [0.2, 0.25) is 0 Å². The van der Waals surface area contributed by atoms with Crippen LogP contribution in [-0.2, 0) is 6.61 Å². The van der Waals surface area contributed by atoms with E-state index >= 15 is 0 Å². The summed E-state index contributed by atoms with van der Waals surface area (Å²) in [6.07, 6.45) is 7.15. The van der Waals surface area contributed by atoms with Crippen molar-refractivity contribution in [2.75, 3.05) is 7.11 Å². The highest BCUT2D eigenvalue weighted by Crippen LogP contribution is 2.34. The summed E-state index contributed by atoms with van der Waals surface area (Å²) in [7, 11) is 1.56. The van der Waals surface area contributed by atoms with Crippen molar-refractivity contribution in [3.05, 3.63) is 56.9 Å². The summed E-state index contributed by atoms with van der Waals surface area (Å²) in [5.41, 5.74) is 4.14. The molecule has 3 rings (SSSR count). The van der Waals surface area contributed by atoms with Crippen LogP contribution < -0.4 is 20.2 Å². The van der Waals surface area contributed by atoms with Crippen LogP contribution in [0.25, 0.3) is 0 Å². The molecule has 0 aliphatic heterocycles. The van der Waals surface area contributed by atoms with E-state index < -0.39 is 0 Å². The minimum atomic E-state index is -0.293. The zero-order valence-corrected chi connectivity index (χ0v) is 18.9. The molecule has 2 aromatic rings. The van der Waals surface area contributed by atoms with E-state index in [1.165, 1.54) is 18.6 Å². The second-order valence-corrected chi connectivity index (χ2v) is 8.29. The number of hydrazone groups is 1. The van der Waals surface area contributed by atoms with Crippen molar-refractivity contribution in [1.29, 1.82) is 0 Å². The molecule has 30 heavy (non-hydrogen) atoms. The lowest BCUT2D eigenvalue weighted by Gasteiger charge is -2.22. The van der Waals surface area contributed by atoms with Gasteiger partial charge in [-0.2, -0.15) is 5.10 Å². The third-order valence-electron chi connectivity index (χ3n) is 4.87. The Morgan fingerprint density at radius 2 is 1.97 bits per heavy atom. The number of halogens is 2. The Morgan fingerprint density at radius 3 is 2.67 bits per heavy atom. The summed E-state index contributed by atoms with van der Waals surface area (Å²) in [6.45, 7) is 0.295. The zero-order valence-electron chi connectivity index (χ0n) is 16.8. The van der Waals surface area contributed by atoms with Crippen molar-refractivity contribution < 1.29 is 18.7 Å². The number of carbonyl (C=O) groups excluding carboxylic acids is 1. The predicted molar refractivity (Wildman–Crippen MR) is 123 cm³/mol. The number of methoxy groups -OCH3 is 1. The lowest BCUT2D eigenvalue weighted by molar-refractivity contribution is 0.233. The maximum Gasteiger partial charge on any atom is 0.335 e. The molecule has 0 aromatic heterocycles. The number of benzene rings is 2. The van der Waals surface area contributed by atoms with Crippen molar-refractivity contribution in [2.24, 2.45) is 5.10 Å². The van der Waals surface area contributed by atoms with Crippen LogP contribution in [0.3, 0.4) is 0 Å². The van der Waals surface area contributed by atoms with Crippen molar-refractivity contribution in [3.63, 3.8) is 0 Å². The number of nitrogens with zero attached hydrogens (tertiary/aromatic N) is 1. The van der Waals surface area contributed by atoms with Crippen LogP contribution in [0, 0.1) is 9.39 Å². The van der Waals surface area contributed by atoms with Gasteiger partial charge in [-0.05, 0) is 70.8 Å². The van der Waals surface area contributed by atoms with Crippen molar-refractivity contribution >= 4 is 34.8 Å². The Balaban J connectivity index is 1.59. The van der Waals surface area contributed by atoms with Crippen molar-refractivity contribution in [1.82, 2.24) is 10.7 Å². The van der Waals surface area contributed by atoms with Gasteiger partial charge in [-0.1, -0.05) is 31.4 Å². The lowest BCUT2D eigenvalue weighted by atomic mass is 9.96. The molecule has 1 fully saturated rings. The first-order valence-electron chi connectivity index (χ1n) is 9.89. The third kappa shape index (κ3) is 6.58. The van der Waals surface area contributed by atoms with Gasteiger partial charge in [-0.3, -0.25) is 0 Å². The number of ether oxygens (including phenoxy) is 2. The van der Waals surface area contributed by atoms with E-state index in [2.05, 4.69) is 38.4 Å². The van der Waals surface area contributed by atoms with Gasteiger partial charge < -0.3 is 14.8 Å². The van der Waals surface area contributed by atoms with Crippen LogP contribution >= 0.6 is 22.6 Å². The van der Waals surface area contributed by atoms with Crippen LogP contribution in [0.5, 0.6) is 11.5 Å². The average Bonchev–Trinajstić information content (AvgIpc) is 2.74. The molecule has 6 nitrogen and oxygen atoms in total. The predicted octanol–water partition coefficient (Wildman–Crippen LogP) is 4.98. The molecule has 1 saturated carbocycles. The van der Waals surface area contributed by atoms with E-state index in [9.17, 15) is 9.18 Å². The summed E-state index contributed by atoms with van der Waals surface area (Å²) >= 11 is 2.16. The van der Waals surface area contributed by atoms with Gasteiger partial charge in [-0.25, -0.2) is 14.6 Å². The quantitative estimate of drug-likeness (QED) is 0.304. The fourth-order valence-electron chi connectivity index (χ4n) is 3.32. The number of carbonyl (C=O) groups is 1. The number of rotatable bonds is 7. The first-order valence-corrected chi connectivity index (χ1v) is 11.0. The van der Waals surface area contributed by atoms with Crippen LogP contribution in [0.15, 0.2) is 41.5 Å². The molecule has 0 unspecified atom stereocenters. The highest BCUT2D eigenvalue weighted by molar-refractivity contribution is 14.1. The first kappa shape index (κ1) is 22.3. The molecule has 2 aromatic carbocycles. The standard InChI is InChI=1S/C22H25FIN3O3/c1-29-20-12-16(13-25-27-22(28)26-18-5-3-2-4-6-18)11-19(24)21(20)30-14-15-7-9-17(23)10-8-15/h7-13,18H,2-6,14H2,1H3,(H2,26,27,28)/b25-13-. The van der Waals surface area contributed by atoms with Gasteiger partial charge in [0.05, 0.1) is 16.9 Å². The second kappa shape index (κ2) is 11.1. The number of nitrogens with one attached hydrogen (secondary N) is 2. The SMILES string of the molecule is COc1cc(/C=N\NC(=O)NC2CCCCC2)cc(I)c1OCc1ccc(F)cc1. The summed E-state index contributed by atoms with van der Waals surface area (Å²) < 4.78 is 25.2. The minimum Gasteiger partial charge on any atom is -0.493 e. The van der Waals surface area contributed by atoms with E-state index in [-0.39, 0.29) is 17.9 Å². The van der Waals surface area contributed by atoms with Crippen molar-refractivity contribution in [3.8, 4) is 11.5 Å². The van der Waals surface area contributed by atoms with Crippen LogP contribution in [-0.4, -0.2) is 25.4 Å². The lowest BCUT2D eigenvalue weighted by Crippen LogP contribution is -2.41. The normalized spacial score (nSPS) is 14.5. The third-order valence-corrected chi connectivity index (χ3v) is 5.67. The molecule has 1 aliphatic carbocycles. The first-order chi connectivity index (χ1) is 14.5. The molecular formula is C22H25FIN3O3. The maximum atomic E-state index is 13.0. The topological polar surface area (TPSA) is 72.0 Å². The summed E-state index contributed by atoms with van der Waals surface area (Å²) in [6, 6.07) is 9.76. The molecule has 0 atom stereocenters. The van der Waals surface area contributed by atoms with Gasteiger partial charge in [-0.15, -0.1) is 0 Å². The Labute approximate surface area is 189 Å². The Hall–Kier alpha value is -2.36. The summed E-state index contributed by atoms with van der Waals surface area (Å²) in [5, 5.41) is 6.98. The Bertz CT molecular complexity index is 884. The summed E-state index contributed by atoms with van der Waals surface area (Å²) in [5.74, 6) is 0.871. The van der Waals surface area contributed by atoms with Gasteiger partial charge in [0, 0.05) is 6.04 Å². The highest BCUT2D eigenvalue weighted by atomic mass is 127. The van der Waals surface area contributed by atoms with Crippen LogP contribution in [0.4, 0.5) is 9.18 Å². The molecule has 2 amide bonds. The van der Waals surface area contributed by atoms with Gasteiger partial charge in [0.1, 0.15) is 12.4 Å². The molecule has 1 aliphatic rings. The van der Waals surface area contributed by atoms with E-state index in [0.29, 0.717) is 18.1 Å². The van der Waals surface area contributed by atoms with Gasteiger partial charge in [0.25, 0.3) is 0 Å². The zero-order chi connectivity index (χ0) is 21.3. The fraction of sp³-hybridized carbons (Fsp3) is 0.364. The van der Waals surface area contributed by atoms with E-state index in [1.54, 1.807) is 31.5 Å². The molecule has 0 heterocycles. The van der Waals surface area contributed by atoms with Gasteiger partial charge in [0.2, 0.25) is 0 Å². The van der Waals surface area contributed by atoms with Gasteiger partial charge >= 0.3 is 6.03 Å². The molecule has 0 bridgehead atoms. The number of hydrogen-bond donors (Lipinski definition) is 2. The minimum absolute atomic E-state index is 0.229. The highest BCUT2D eigenvalue weighted by Gasteiger charge is 2.15. The Kier molecular flexibility index (Phi) is 8.30. The molecule has 2 N–H and O–H groups in total. The molecule has 0 radical (unpaired) electrons. The number of hydrogen-bond acceptors (Lipinski definition) is 4.